The van der Waals surface area contributed by atoms with E-state index in [1.165, 1.54) is 12.1 Å². The highest BCUT2D eigenvalue weighted by molar-refractivity contribution is 7.89. The number of carbonyl (C=O) groups excluding carboxylic acids is 1. The fraction of sp³-hybridized carbons (Fsp3) is 0.389. The van der Waals surface area contributed by atoms with Gasteiger partial charge >= 0.3 is 0 Å². The van der Waals surface area contributed by atoms with E-state index in [1.807, 2.05) is 17.5 Å². The first-order valence-electron chi connectivity index (χ1n) is 8.63. The van der Waals surface area contributed by atoms with Gasteiger partial charge in [-0.05, 0) is 55.0 Å². The largest absolute Gasteiger partial charge is 0.339 e. The maximum atomic E-state index is 12.5. The molecular formula is C18H24ClN3O3S2. The second-order valence-corrected chi connectivity index (χ2v) is 9.18. The Bertz CT molecular complexity index is 831. The number of nitrogens with one attached hydrogen (secondary N) is 1. The summed E-state index contributed by atoms with van der Waals surface area (Å²) in [7, 11) is -3.57. The first-order valence-corrected chi connectivity index (χ1v) is 11.0. The van der Waals surface area contributed by atoms with Crippen molar-refractivity contribution in [3.63, 3.8) is 0 Å². The molecule has 1 aromatic heterocycles. The summed E-state index contributed by atoms with van der Waals surface area (Å²) >= 11 is 1.60. The molecule has 0 unspecified atom stereocenters. The molecule has 0 radical (unpaired) electrons. The molecule has 6 nitrogen and oxygen atoms in total. The van der Waals surface area contributed by atoms with Crippen LogP contribution in [0.2, 0.25) is 0 Å². The van der Waals surface area contributed by atoms with Crippen molar-refractivity contribution < 1.29 is 13.2 Å². The summed E-state index contributed by atoms with van der Waals surface area (Å²) in [5.41, 5.74) is 6.36. The van der Waals surface area contributed by atoms with E-state index in [1.54, 1.807) is 28.4 Å². The van der Waals surface area contributed by atoms with Crippen LogP contribution in [-0.4, -0.2) is 44.9 Å². The number of nitrogens with zero attached hydrogens (tertiary/aromatic N) is 1. The van der Waals surface area contributed by atoms with Gasteiger partial charge in [-0.15, -0.1) is 23.7 Å². The van der Waals surface area contributed by atoms with Gasteiger partial charge in [0.15, 0.2) is 0 Å². The van der Waals surface area contributed by atoms with Crippen molar-refractivity contribution in [3.8, 4) is 0 Å². The molecule has 0 spiro atoms. The Morgan fingerprint density at radius 3 is 2.44 bits per heavy atom. The lowest BCUT2D eigenvalue weighted by molar-refractivity contribution is 0.0714. The Hall–Kier alpha value is -1.45. The highest BCUT2D eigenvalue weighted by Gasteiger charge is 2.22. The zero-order valence-corrected chi connectivity index (χ0v) is 17.3. The molecule has 1 amide bonds. The van der Waals surface area contributed by atoms with Crippen LogP contribution in [0.1, 0.15) is 28.1 Å². The average molecular weight is 430 g/mol. The number of hydrogen-bond donors (Lipinski definition) is 2. The molecule has 2 heterocycles. The second kappa shape index (κ2) is 9.66. The third-order valence-corrected chi connectivity index (χ3v) is 6.90. The van der Waals surface area contributed by atoms with E-state index in [4.69, 9.17) is 5.73 Å². The summed E-state index contributed by atoms with van der Waals surface area (Å²) < 4.78 is 27.3. The van der Waals surface area contributed by atoms with E-state index in [0.29, 0.717) is 31.6 Å². The summed E-state index contributed by atoms with van der Waals surface area (Å²) in [5.74, 6) is -0.0773. The molecule has 1 aliphatic heterocycles. The van der Waals surface area contributed by atoms with Gasteiger partial charge in [0, 0.05) is 36.1 Å². The highest BCUT2D eigenvalue weighted by atomic mass is 35.5. The summed E-state index contributed by atoms with van der Waals surface area (Å²) in [6, 6.07) is 10.2. The summed E-state index contributed by atoms with van der Waals surface area (Å²) in [6.45, 7) is 1.63. The van der Waals surface area contributed by atoms with Crippen LogP contribution in [0.5, 0.6) is 0 Å². The molecule has 1 aromatic carbocycles. The summed E-state index contributed by atoms with van der Waals surface area (Å²) in [5, 5.41) is 1.97. The van der Waals surface area contributed by atoms with Crippen molar-refractivity contribution in [3.05, 3.63) is 52.2 Å². The number of rotatable bonds is 6. The van der Waals surface area contributed by atoms with Gasteiger partial charge in [0.2, 0.25) is 10.0 Å². The minimum absolute atomic E-state index is 0. The number of thiophene rings is 1. The molecule has 0 atom stereocenters. The maximum absolute atomic E-state index is 12.5. The molecule has 148 valence electrons. The number of sulfonamides is 1. The van der Waals surface area contributed by atoms with Gasteiger partial charge in [0.1, 0.15) is 0 Å². The SMILES string of the molecule is Cl.NC1CCN(C(=O)c2ccc(S(=O)(=O)NCCc3cccs3)cc2)CC1. The van der Waals surface area contributed by atoms with E-state index < -0.39 is 10.0 Å². The van der Waals surface area contributed by atoms with Crippen LogP contribution in [0, 0.1) is 0 Å². The number of carbonyl (C=O) groups is 1. The van der Waals surface area contributed by atoms with Gasteiger partial charge in [0.25, 0.3) is 5.91 Å². The Labute approximate surface area is 170 Å². The van der Waals surface area contributed by atoms with E-state index in [0.717, 1.165) is 17.7 Å². The number of nitrogens with two attached hydrogens (primary N) is 1. The van der Waals surface area contributed by atoms with Crippen molar-refractivity contribution in [1.82, 2.24) is 9.62 Å². The lowest BCUT2D eigenvalue weighted by Crippen LogP contribution is -2.42. The zero-order valence-electron chi connectivity index (χ0n) is 14.8. The Morgan fingerprint density at radius 2 is 1.85 bits per heavy atom. The molecule has 3 rings (SSSR count). The van der Waals surface area contributed by atoms with Gasteiger partial charge in [0.05, 0.1) is 4.90 Å². The number of piperidine rings is 1. The van der Waals surface area contributed by atoms with Crippen molar-refractivity contribution >= 4 is 39.7 Å². The Morgan fingerprint density at radius 1 is 1.19 bits per heavy atom. The number of benzene rings is 1. The molecular weight excluding hydrogens is 406 g/mol. The van der Waals surface area contributed by atoms with Crippen LogP contribution in [0.15, 0.2) is 46.7 Å². The normalized spacial score (nSPS) is 15.4. The molecule has 1 aliphatic rings. The molecule has 1 saturated heterocycles. The minimum atomic E-state index is -3.57. The predicted molar refractivity (Wildman–Crippen MR) is 110 cm³/mol. The van der Waals surface area contributed by atoms with Crippen LogP contribution in [0.4, 0.5) is 0 Å². The third kappa shape index (κ3) is 5.76. The quantitative estimate of drug-likeness (QED) is 0.736. The minimum Gasteiger partial charge on any atom is -0.339 e. The first-order chi connectivity index (χ1) is 12.5. The van der Waals surface area contributed by atoms with Gasteiger partial charge in [-0.2, -0.15) is 0 Å². The predicted octanol–water partition coefficient (Wildman–Crippen LogP) is 2.25. The molecule has 2 aromatic rings. The van der Waals surface area contributed by atoms with E-state index >= 15 is 0 Å². The highest BCUT2D eigenvalue weighted by Crippen LogP contribution is 2.16. The van der Waals surface area contributed by atoms with Gasteiger partial charge in [-0.3, -0.25) is 4.79 Å². The van der Waals surface area contributed by atoms with Crippen molar-refractivity contribution in [2.24, 2.45) is 5.73 Å². The fourth-order valence-electron chi connectivity index (χ4n) is 2.91. The van der Waals surface area contributed by atoms with Crippen LogP contribution < -0.4 is 10.5 Å². The number of likely N-dealkylation sites (tertiary alicyclic amines) is 1. The van der Waals surface area contributed by atoms with Crippen molar-refractivity contribution in [2.45, 2.75) is 30.2 Å². The van der Waals surface area contributed by atoms with E-state index in [2.05, 4.69) is 4.72 Å². The standard InChI is InChI=1S/C18H23N3O3S2.ClH/c19-15-8-11-21(12-9-15)18(22)14-3-5-17(6-4-14)26(23,24)20-10-7-16-2-1-13-25-16;/h1-6,13,15,20H,7-12,19H2;1H. The summed E-state index contributed by atoms with van der Waals surface area (Å²) in [6.07, 6.45) is 2.25. The number of amides is 1. The van der Waals surface area contributed by atoms with Crippen LogP contribution in [0.25, 0.3) is 0 Å². The molecule has 0 saturated carbocycles. The lowest BCUT2D eigenvalue weighted by atomic mass is 10.1. The van der Waals surface area contributed by atoms with Gasteiger partial charge in [-0.1, -0.05) is 6.07 Å². The van der Waals surface area contributed by atoms with Crippen LogP contribution in [-0.2, 0) is 16.4 Å². The lowest BCUT2D eigenvalue weighted by Gasteiger charge is -2.30. The molecule has 9 heteroatoms. The number of halogens is 1. The third-order valence-electron chi connectivity index (χ3n) is 4.48. The topological polar surface area (TPSA) is 92.5 Å². The molecule has 27 heavy (non-hydrogen) atoms. The van der Waals surface area contributed by atoms with E-state index in [-0.39, 0.29) is 29.3 Å². The zero-order chi connectivity index (χ0) is 18.6. The Kier molecular flexibility index (Phi) is 7.81. The van der Waals surface area contributed by atoms with Crippen LogP contribution >= 0.6 is 23.7 Å². The first kappa shape index (κ1) is 21.8. The van der Waals surface area contributed by atoms with Crippen molar-refractivity contribution in [2.75, 3.05) is 19.6 Å². The van der Waals surface area contributed by atoms with Crippen molar-refractivity contribution in [1.29, 1.82) is 0 Å². The van der Waals surface area contributed by atoms with Crippen LogP contribution in [0.3, 0.4) is 0 Å². The number of hydrogen-bond acceptors (Lipinski definition) is 5. The maximum Gasteiger partial charge on any atom is 0.253 e. The smallest absolute Gasteiger partial charge is 0.253 e. The molecule has 3 N–H and O–H groups in total. The average Bonchev–Trinajstić information content (AvgIpc) is 3.15. The summed E-state index contributed by atoms with van der Waals surface area (Å²) in [4.78, 5) is 15.6. The van der Waals surface area contributed by atoms with Gasteiger partial charge in [-0.25, -0.2) is 13.1 Å². The molecule has 0 bridgehead atoms. The molecule has 0 aliphatic carbocycles. The molecule has 1 fully saturated rings. The second-order valence-electron chi connectivity index (χ2n) is 6.38. The monoisotopic (exact) mass is 429 g/mol. The van der Waals surface area contributed by atoms with E-state index in [9.17, 15) is 13.2 Å². The Balaban J connectivity index is 0.00000261. The van der Waals surface area contributed by atoms with Gasteiger partial charge < -0.3 is 10.6 Å². The fourth-order valence-corrected chi connectivity index (χ4v) is 4.65.